The number of amides is 1. The van der Waals surface area contributed by atoms with Gasteiger partial charge in [-0.05, 0) is 25.0 Å². The minimum Gasteiger partial charge on any atom is -0.370 e. The molecule has 108 valence electrons. The highest BCUT2D eigenvalue weighted by atomic mass is 19.1. The Labute approximate surface area is 115 Å². The molecule has 20 heavy (non-hydrogen) atoms. The molecule has 1 fully saturated rings. The molecule has 0 bridgehead atoms. The van der Waals surface area contributed by atoms with Crippen molar-refractivity contribution in [2.24, 2.45) is 10.7 Å². The van der Waals surface area contributed by atoms with Crippen LogP contribution in [0.2, 0.25) is 0 Å². The Bertz CT molecular complexity index is 533. The molecule has 0 aliphatic carbocycles. The van der Waals surface area contributed by atoms with Crippen molar-refractivity contribution in [3.8, 4) is 0 Å². The Kier molecular flexibility index (Phi) is 4.49. The Hall–Kier alpha value is -2.18. The van der Waals surface area contributed by atoms with Crippen LogP contribution in [0.25, 0.3) is 0 Å². The molecule has 0 aromatic heterocycles. The number of hydrogen-bond donors (Lipinski definition) is 3. The van der Waals surface area contributed by atoms with E-state index in [9.17, 15) is 13.6 Å². The number of nitrogens with one attached hydrogen (secondary N) is 2. The molecule has 1 saturated heterocycles. The van der Waals surface area contributed by atoms with Crippen LogP contribution in [0, 0.1) is 11.6 Å². The van der Waals surface area contributed by atoms with Gasteiger partial charge in [-0.15, -0.1) is 0 Å². The minimum atomic E-state index is -0.615. The number of aliphatic imine (C=N–C) groups is 1. The van der Waals surface area contributed by atoms with Crippen molar-refractivity contribution in [2.75, 3.05) is 11.9 Å². The summed E-state index contributed by atoms with van der Waals surface area (Å²) in [6.07, 6.45) is 2.18. The van der Waals surface area contributed by atoms with Gasteiger partial charge >= 0.3 is 0 Å². The molecule has 7 heteroatoms. The predicted octanol–water partition coefficient (Wildman–Crippen LogP) is 1.36. The quantitative estimate of drug-likeness (QED) is 0.578. The average molecular weight is 282 g/mol. The molecule has 1 unspecified atom stereocenters. The van der Waals surface area contributed by atoms with Gasteiger partial charge < -0.3 is 16.4 Å². The van der Waals surface area contributed by atoms with Crippen LogP contribution in [0.4, 0.5) is 14.5 Å². The molecule has 4 N–H and O–H groups in total. The maximum absolute atomic E-state index is 13.4. The molecule has 1 amide bonds. The molecular formula is C13H16F2N4O. The van der Waals surface area contributed by atoms with Gasteiger partial charge in [0.2, 0.25) is 5.91 Å². The summed E-state index contributed by atoms with van der Waals surface area (Å²) in [6, 6.07) is 2.96. The van der Waals surface area contributed by atoms with Gasteiger partial charge in [0.05, 0.1) is 12.2 Å². The van der Waals surface area contributed by atoms with Gasteiger partial charge in [0.15, 0.2) is 5.96 Å². The van der Waals surface area contributed by atoms with E-state index in [2.05, 4.69) is 15.6 Å². The first-order valence-corrected chi connectivity index (χ1v) is 6.36. The zero-order valence-corrected chi connectivity index (χ0v) is 10.8. The van der Waals surface area contributed by atoms with Crippen molar-refractivity contribution >= 4 is 17.6 Å². The topological polar surface area (TPSA) is 79.5 Å². The summed E-state index contributed by atoms with van der Waals surface area (Å²) in [7, 11) is 0. The third-order valence-electron chi connectivity index (χ3n) is 2.99. The van der Waals surface area contributed by atoms with Crippen molar-refractivity contribution in [1.29, 1.82) is 0 Å². The van der Waals surface area contributed by atoms with E-state index in [0.717, 1.165) is 31.0 Å². The molecule has 2 rings (SSSR count). The second kappa shape index (κ2) is 6.31. The molecule has 0 spiro atoms. The van der Waals surface area contributed by atoms with E-state index in [0.29, 0.717) is 13.0 Å². The Morgan fingerprint density at radius 2 is 2.30 bits per heavy atom. The molecule has 1 aromatic rings. The van der Waals surface area contributed by atoms with E-state index < -0.39 is 11.6 Å². The fraction of sp³-hybridized carbons (Fsp3) is 0.385. The van der Waals surface area contributed by atoms with Crippen LogP contribution < -0.4 is 16.4 Å². The number of nitrogens with zero attached hydrogens (tertiary/aromatic N) is 1. The zero-order valence-electron chi connectivity index (χ0n) is 10.8. The largest absolute Gasteiger partial charge is 0.370 e. The number of hydrogen-bond acceptors (Lipinski definition) is 2. The Morgan fingerprint density at radius 1 is 1.50 bits per heavy atom. The number of halogens is 2. The Morgan fingerprint density at radius 3 is 3.05 bits per heavy atom. The monoisotopic (exact) mass is 282 g/mol. The van der Waals surface area contributed by atoms with Gasteiger partial charge in [0.25, 0.3) is 0 Å². The number of anilines is 1. The van der Waals surface area contributed by atoms with E-state index in [1.807, 2.05) is 0 Å². The van der Waals surface area contributed by atoms with Crippen molar-refractivity contribution < 1.29 is 13.6 Å². The van der Waals surface area contributed by atoms with E-state index in [4.69, 9.17) is 5.73 Å². The SMILES string of the molecule is NC(=NCC1CCCC(=O)N1)Nc1cc(F)ccc1F. The molecule has 1 aromatic carbocycles. The van der Waals surface area contributed by atoms with Crippen LogP contribution >= 0.6 is 0 Å². The lowest BCUT2D eigenvalue weighted by atomic mass is 10.0. The van der Waals surface area contributed by atoms with Crippen molar-refractivity contribution in [3.05, 3.63) is 29.8 Å². The maximum Gasteiger partial charge on any atom is 0.220 e. The number of benzene rings is 1. The fourth-order valence-electron chi connectivity index (χ4n) is 2.00. The summed E-state index contributed by atoms with van der Waals surface area (Å²) >= 11 is 0. The third kappa shape index (κ3) is 3.91. The number of piperidine rings is 1. The number of rotatable bonds is 3. The summed E-state index contributed by atoms with van der Waals surface area (Å²) in [5, 5.41) is 5.29. The fourth-order valence-corrected chi connectivity index (χ4v) is 2.00. The smallest absolute Gasteiger partial charge is 0.220 e. The number of carbonyl (C=O) groups is 1. The first-order valence-electron chi connectivity index (χ1n) is 6.36. The zero-order chi connectivity index (χ0) is 14.5. The summed E-state index contributed by atoms with van der Waals surface area (Å²) in [5.41, 5.74) is 5.54. The maximum atomic E-state index is 13.4. The lowest BCUT2D eigenvalue weighted by molar-refractivity contribution is -0.123. The highest BCUT2D eigenvalue weighted by Crippen LogP contribution is 2.15. The third-order valence-corrected chi connectivity index (χ3v) is 2.99. The first-order chi connectivity index (χ1) is 9.54. The molecule has 1 aliphatic heterocycles. The summed E-state index contributed by atoms with van der Waals surface area (Å²) < 4.78 is 26.4. The van der Waals surface area contributed by atoms with Crippen molar-refractivity contribution in [2.45, 2.75) is 25.3 Å². The van der Waals surface area contributed by atoms with Crippen LogP contribution in [0.5, 0.6) is 0 Å². The number of nitrogens with two attached hydrogens (primary N) is 1. The van der Waals surface area contributed by atoms with Crippen molar-refractivity contribution in [1.82, 2.24) is 5.32 Å². The predicted molar refractivity (Wildman–Crippen MR) is 72.3 cm³/mol. The lowest BCUT2D eigenvalue weighted by Crippen LogP contribution is -2.41. The van der Waals surface area contributed by atoms with E-state index in [-0.39, 0.29) is 23.6 Å². The van der Waals surface area contributed by atoms with Gasteiger partial charge in [-0.3, -0.25) is 9.79 Å². The molecule has 0 radical (unpaired) electrons. The highest BCUT2D eigenvalue weighted by molar-refractivity contribution is 5.92. The number of carbonyl (C=O) groups excluding carboxylic acids is 1. The lowest BCUT2D eigenvalue weighted by Gasteiger charge is -2.21. The standard InChI is InChI=1S/C13H16F2N4O/c14-8-4-5-10(15)11(6-8)19-13(16)17-7-9-2-1-3-12(20)18-9/h4-6,9H,1-3,7H2,(H,18,20)(H3,16,17,19). The van der Waals surface area contributed by atoms with Crippen LogP contribution in [-0.4, -0.2) is 24.5 Å². The minimum absolute atomic E-state index is 0.000782. The second-order valence-corrected chi connectivity index (χ2v) is 4.63. The van der Waals surface area contributed by atoms with Gasteiger partial charge in [0.1, 0.15) is 11.6 Å². The highest BCUT2D eigenvalue weighted by Gasteiger charge is 2.17. The van der Waals surface area contributed by atoms with Crippen LogP contribution in [-0.2, 0) is 4.79 Å². The summed E-state index contributed by atoms with van der Waals surface area (Å²) in [6.45, 7) is 0.307. The molecule has 0 saturated carbocycles. The summed E-state index contributed by atoms with van der Waals surface area (Å²) in [4.78, 5) is 15.2. The molecular weight excluding hydrogens is 266 g/mol. The number of guanidine groups is 1. The molecule has 1 aliphatic rings. The van der Waals surface area contributed by atoms with Crippen LogP contribution in [0.15, 0.2) is 23.2 Å². The molecule has 1 heterocycles. The van der Waals surface area contributed by atoms with E-state index in [1.54, 1.807) is 0 Å². The van der Waals surface area contributed by atoms with Crippen LogP contribution in [0.3, 0.4) is 0 Å². The Balaban J connectivity index is 1.93. The van der Waals surface area contributed by atoms with Gasteiger partial charge in [-0.25, -0.2) is 8.78 Å². The van der Waals surface area contributed by atoms with E-state index in [1.165, 1.54) is 0 Å². The second-order valence-electron chi connectivity index (χ2n) is 4.63. The first kappa shape index (κ1) is 14.2. The van der Waals surface area contributed by atoms with Gasteiger partial charge in [-0.2, -0.15) is 0 Å². The van der Waals surface area contributed by atoms with Gasteiger partial charge in [-0.1, -0.05) is 0 Å². The van der Waals surface area contributed by atoms with Gasteiger partial charge in [0, 0.05) is 18.5 Å². The van der Waals surface area contributed by atoms with Crippen molar-refractivity contribution in [3.63, 3.8) is 0 Å². The summed E-state index contributed by atoms with van der Waals surface area (Å²) in [5.74, 6) is -1.20. The molecule has 1 atom stereocenters. The van der Waals surface area contributed by atoms with Crippen LogP contribution in [0.1, 0.15) is 19.3 Å². The average Bonchev–Trinajstić information content (AvgIpc) is 2.41. The van der Waals surface area contributed by atoms with E-state index >= 15 is 0 Å². The molecule has 5 nitrogen and oxygen atoms in total. The normalized spacial score (nSPS) is 19.6.